The van der Waals surface area contributed by atoms with Crippen LogP contribution in [0.15, 0.2) is 30.0 Å². The summed E-state index contributed by atoms with van der Waals surface area (Å²) in [6.45, 7) is 8.99. The van der Waals surface area contributed by atoms with Crippen molar-refractivity contribution in [3.63, 3.8) is 0 Å². The molecule has 13 heavy (non-hydrogen) atoms. The number of rotatable bonds is 4. The highest BCUT2D eigenvalue weighted by Gasteiger charge is 2.29. The number of allylic oxidation sites excluding steroid dienone is 1. The molecule has 1 aliphatic carbocycles. The highest BCUT2D eigenvalue weighted by molar-refractivity contribution is 5.93. The molecule has 0 heterocycles. The minimum Gasteiger partial charge on any atom is -0.311 e. The van der Waals surface area contributed by atoms with E-state index in [4.69, 9.17) is 0 Å². The molecular weight excluding hydrogens is 164 g/mol. The van der Waals surface area contributed by atoms with Crippen LogP contribution in [0.25, 0.3) is 0 Å². The van der Waals surface area contributed by atoms with Gasteiger partial charge in [-0.2, -0.15) is 0 Å². The maximum Gasteiger partial charge on any atom is 0.228 e. The Morgan fingerprint density at radius 1 is 1.62 bits per heavy atom. The van der Waals surface area contributed by atoms with Gasteiger partial charge in [0.15, 0.2) is 0 Å². The van der Waals surface area contributed by atoms with E-state index in [1.807, 2.05) is 6.92 Å². The van der Waals surface area contributed by atoms with Crippen molar-refractivity contribution in [2.45, 2.75) is 19.8 Å². The highest BCUT2D eigenvalue weighted by Crippen LogP contribution is 2.28. The number of amides is 1. The first kappa shape index (κ1) is 9.71. The standard InChI is InChI=1S/C10H14N2O/c1-4-7(2)11-8(3)12-10(13)9-5-6-9/h4,9H,1,3,5-6H2,2H3,(H,12,13). The van der Waals surface area contributed by atoms with E-state index in [1.165, 1.54) is 0 Å². The quantitative estimate of drug-likeness (QED) is 0.653. The van der Waals surface area contributed by atoms with E-state index in [0.717, 1.165) is 18.6 Å². The lowest BCUT2D eigenvalue weighted by Crippen LogP contribution is -2.23. The van der Waals surface area contributed by atoms with Crippen molar-refractivity contribution in [3.8, 4) is 0 Å². The van der Waals surface area contributed by atoms with Crippen LogP contribution in [0.5, 0.6) is 0 Å². The fraction of sp³-hybridized carbons (Fsp3) is 0.400. The van der Waals surface area contributed by atoms with Gasteiger partial charge in [0.1, 0.15) is 5.82 Å². The van der Waals surface area contributed by atoms with Crippen molar-refractivity contribution >= 4 is 11.6 Å². The molecule has 0 unspecified atom stereocenters. The second-order valence-corrected chi connectivity index (χ2v) is 3.17. The molecule has 0 spiro atoms. The molecule has 1 rings (SSSR count). The van der Waals surface area contributed by atoms with Gasteiger partial charge in [-0.15, -0.1) is 0 Å². The summed E-state index contributed by atoms with van der Waals surface area (Å²) in [6.07, 6.45) is 3.60. The average Bonchev–Trinajstić information content (AvgIpc) is 2.85. The van der Waals surface area contributed by atoms with Gasteiger partial charge in [-0.05, 0) is 25.8 Å². The Morgan fingerprint density at radius 2 is 2.23 bits per heavy atom. The van der Waals surface area contributed by atoms with Crippen molar-refractivity contribution in [2.24, 2.45) is 10.9 Å². The van der Waals surface area contributed by atoms with Crippen LogP contribution in [-0.4, -0.2) is 11.6 Å². The Labute approximate surface area is 78.2 Å². The number of nitrogens with one attached hydrogen (secondary N) is 1. The molecule has 0 saturated heterocycles. The number of hydrogen-bond donors (Lipinski definition) is 1. The predicted molar refractivity (Wildman–Crippen MR) is 53.3 cm³/mol. The normalized spacial score (nSPS) is 16.5. The first-order valence-corrected chi connectivity index (χ1v) is 4.31. The van der Waals surface area contributed by atoms with Gasteiger partial charge in [-0.1, -0.05) is 13.2 Å². The van der Waals surface area contributed by atoms with Crippen LogP contribution in [0.3, 0.4) is 0 Å². The summed E-state index contributed by atoms with van der Waals surface area (Å²) in [7, 11) is 0. The fourth-order valence-corrected chi connectivity index (χ4v) is 0.876. The lowest BCUT2D eigenvalue weighted by atomic mass is 10.4. The van der Waals surface area contributed by atoms with E-state index in [1.54, 1.807) is 6.08 Å². The minimum atomic E-state index is 0.0330. The lowest BCUT2D eigenvalue weighted by Gasteiger charge is -2.02. The molecule has 1 amide bonds. The monoisotopic (exact) mass is 178 g/mol. The molecule has 1 saturated carbocycles. The first-order chi connectivity index (χ1) is 6.13. The first-order valence-electron chi connectivity index (χ1n) is 4.31. The smallest absolute Gasteiger partial charge is 0.228 e. The van der Waals surface area contributed by atoms with E-state index < -0.39 is 0 Å². The molecule has 0 aromatic heterocycles. The van der Waals surface area contributed by atoms with Crippen LogP contribution in [0.4, 0.5) is 0 Å². The van der Waals surface area contributed by atoms with Crippen LogP contribution < -0.4 is 5.32 Å². The Morgan fingerprint density at radius 3 is 2.69 bits per heavy atom. The summed E-state index contributed by atoms with van der Waals surface area (Å²) in [5.41, 5.74) is 0.751. The van der Waals surface area contributed by atoms with Crippen molar-refractivity contribution < 1.29 is 4.79 Å². The van der Waals surface area contributed by atoms with E-state index in [-0.39, 0.29) is 11.8 Å². The van der Waals surface area contributed by atoms with Crippen molar-refractivity contribution in [1.82, 2.24) is 5.32 Å². The van der Waals surface area contributed by atoms with E-state index in [2.05, 4.69) is 23.5 Å². The summed E-state index contributed by atoms with van der Waals surface area (Å²) in [4.78, 5) is 15.2. The second kappa shape index (κ2) is 4.03. The zero-order valence-corrected chi connectivity index (χ0v) is 7.84. The maximum absolute atomic E-state index is 11.2. The molecule has 0 atom stereocenters. The molecule has 0 aromatic rings. The van der Waals surface area contributed by atoms with Crippen LogP contribution in [0, 0.1) is 5.92 Å². The molecule has 3 nitrogen and oxygen atoms in total. The number of carbonyl (C=O) groups excluding carboxylic acids is 1. The van der Waals surface area contributed by atoms with Gasteiger partial charge in [-0.3, -0.25) is 4.79 Å². The zero-order valence-electron chi connectivity index (χ0n) is 7.84. The lowest BCUT2D eigenvalue weighted by molar-refractivity contribution is -0.121. The topological polar surface area (TPSA) is 41.5 Å². The molecule has 1 fully saturated rings. The molecule has 0 aliphatic heterocycles. The molecule has 70 valence electrons. The van der Waals surface area contributed by atoms with Gasteiger partial charge in [0.05, 0.1) is 0 Å². The van der Waals surface area contributed by atoms with Crippen molar-refractivity contribution in [1.29, 1.82) is 0 Å². The average molecular weight is 178 g/mol. The zero-order chi connectivity index (χ0) is 9.84. The van der Waals surface area contributed by atoms with Gasteiger partial charge in [0.2, 0.25) is 5.91 Å². The Balaban J connectivity index is 2.40. The molecule has 0 aromatic carbocycles. The number of hydrogen-bond acceptors (Lipinski definition) is 2. The summed E-state index contributed by atoms with van der Waals surface area (Å²) >= 11 is 0. The summed E-state index contributed by atoms with van der Waals surface area (Å²) in [6, 6.07) is 0. The van der Waals surface area contributed by atoms with E-state index >= 15 is 0 Å². The van der Waals surface area contributed by atoms with Gasteiger partial charge in [0, 0.05) is 11.6 Å². The maximum atomic E-state index is 11.2. The largest absolute Gasteiger partial charge is 0.311 e. The second-order valence-electron chi connectivity index (χ2n) is 3.17. The van der Waals surface area contributed by atoms with Crippen molar-refractivity contribution in [2.75, 3.05) is 0 Å². The van der Waals surface area contributed by atoms with Crippen LogP contribution in [0.1, 0.15) is 19.8 Å². The molecule has 1 aliphatic rings. The van der Waals surface area contributed by atoms with Gasteiger partial charge < -0.3 is 5.32 Å². The van der Waals surface area contributed by atoms with E-state index in [9.17, 15) is 4.79 Å². The molecule has 0 radical (unpaired) electrons. The number of aliphatic imine (C=N–C) groups is 1. The van der Waals surface area contributed by atoms with Crippen molar-refractivity contribution in [3.05, 3.63) is 25.1 Å². The van der Waals surface area contributed by atoms with Gasteiger partial charge in [0.25, 0.3) is 0 Å². The SMILES string of the molecule is C=CC(C)=NC(=C)NC(=O)C1CC1. The molecule has 0 bridgehead atoms. The Hall–Kier alpha value is -1.38. The third kappa shape index (κ3) is 3.23. The van der Waals surface area contributed by atoms with Crippen LogP contribution >= 0.6 is 0 Å². The summed E-state index contributed by atoms with van der Waals surface area (Å²) in [5, 5.41) is 2.64. The van der Waals surface area contributed by atoms with Gasteiger partial charge in [-0.25, -0.2) is 4.99 Å². The van der Waals surface area contributed by atoms with Gasteiger partial charge >= 0.3 is 0 Å². The molecule has 3 heteroatoms. The predicted octanol–water partition coefficient (Wildman–Crippen LogP) is 1.63. The van der Waals surface area contributed by atoms with E-state index in [0.29, 0.717) is 5.82 Å². The van der Waals surface area contributed by atoms with Crippen LogP contribution in [0.2, 0.25) is 0 Å². The fourth-order valence-electron chi connectivity index (χ4n) is 0.876. The summed E-state index contributed by atoms with van der Waals surface area (Å²) < 4.78 is 0. The third-order valence-corrected chi connectivity index (χ3v) is 1.82. The number of carbonyl (C=O) groups is 1. The highest BCUT2D eigenvalue weighted by atomic mass is 16.2. The summed E-state index contributed by atoms with van der Waals surface area (Å²) in [5.74, 6) is 0.621. The third-order valence-electron chi connectivity index (χ3n) is 1.82. The molecule has 1 N–H and O–H groups in total. The Kier molecular flexibility index (Phi) is 3.01. The number of nitrogens with zero attached hydrogens (tertiary/aromatic N) is 1. The van der Waals surface area contributed by atoms with Crippen LogP contribution in [-0.2, 0) is 4.79 Å². The Bertz CT molecular complexity index is 275. The minimum absolute atomic E-state index is 0.0330. The molecular formula is C10H14N2O.